The molecule has 1 unspecified atom stereocenters. The Kier molecular flexibility index (Phi) is 2.93. The predicted molar refractivity (Wildman–Crippen MR) is 65.2 cm³/mol. The molecule has 0 saturated heterocycles. The van der Waals surface area contributed by atoms with Gasteiger partial charge in [0.2, 0.25) is 5.89 Å². The summed E-state index contributed by atoms with van der Waals surface area (Å²) >= 11 is 0. The summed E-state index contributed by atoms with van der Waals surface area (Å²) in [6.07, 6.45) is 0.608. The monoisotopic (exact) mass is 265 g/mol. The smallest absolute Gasteiger partial charge is 0.315 e. The van der Waals surface area contributed by atoms with Crippen molar-refractivity contribution in [1.29, 1.82) is 0 Å². The molecule has 0 radical (unpaired) electrons. The van der Waals surface area contributed by atoms with Crippen LogP contribution in [0.5, 0.6) is 0 Å². The Labute approximate surface area is 108 Å². The molecule has 4 nitrogen and oxygen atoms in total. The Morgan fingerprint density at radius 3 is 2.68 bits per heavy atom. The average molecular weight is 265 g/mol. The standard InChI is InChI=1S/C13H13F2N3O/c14-13(15)8-10(13)11-17-18-12(19-11)16-7-6-9-4-2-1-3-5-9/h1-5,10H,6-8H2,(H,16,18). The lowest BCUT2D eigenvalue weighted by Gasteiger charge is -2.01. The molecule has 19 heavy (non-hydrogen) atoms. The lowest BCUT2D eigenvalue weighted by atomic mass is 10.1. The van der Waals surface area contributed by atoms with Crippen LogP contribution in [0.4, 0.5) is 14.8 Å². The summed E-state index contributed by atoms with van der Waals surface area (Å²) in [4.78, 5) is 0. The van der Waals surface area contributed by atoms with Crippen molar-refractivity contribution in [1.82, 2.24) is 10.2 Å². The van der Waals surface area contributed by atoms with E-state index in [-0.39, 0.29) is 18.3 Å². The van der Waals surface area contributed by atoms with Crippen molar-refractivity contribution in [3.8, 4) is 0 Å². The first-order valence-electron chi connectivity index (χ1n) is 6.14. The van der Waals surface area contributed by atoms with Gasteiger partial charge >= 0.3 is 6.01 Å². The number of nitrogens with zero attached hydrogens (tertiary/aromatic N) is 2. The summed E-state index contributed by atoms with van der Waals surface area (Å²) in [6, 6.07) is 10.1. The van der Waals surface area contributed by atoms with Crippen LogP contribution in [0.1, 0.15) is 23.8 Å². The number of hydrogen-bond acceptors (Lipinski definition) is 4. The zero-order valence-electron chi connectivity index (χ0n) is 10.1. The van der Waals surface area contributed by atoms with Crippen molar-refractivity contribution >= 4 is 6.01 Å². The van der Waals surface area contributed by atoms with Gasteiger partial charge in [0.25, 0.3) is 5.92 Å². The summed E-state index contributed by atoms with van der Waals surface area (Å²) < 4.78 is 30.8. The Morgan fingerprint density at radius 2 is 2.00 bits per heavy atom. The normalized spacial score (nSPS) is 20.2. The van der Waals surface area contributed by atoms with Gasteiger partial charge in [-0.05, 0) is 12.0 Å². The van der Waals surface area contributed by atoms with Crippen LogP contribution in [-0.4, -0.2) is 22.7 Å². The van der Waals surface area contributed by atoms with E-state index in [1.54, 1.807) is 0 Å². The van der Waals surface area contributed by atoms with Gasteiger partial charge in [0.15, 0.2) is 0 Å². The van der Waals surface area contributed by atoms with Gasteiger partial charge in [-0.2, -0.15) is 0 Å². The van der Waals surface area contributed by atoms with Crippen molar-refractivity contribution in [2.24, 2.45) is 0 Å². The van der Waals surface area contributed by atoms with Gasteiger partial charge in [0, 0.05) is 13.0 Å². The van der Waals surface area contributed by atoms with Crippen LogP contribution in [-0.2, 0) is 6.42 Å². The van der Waals surface area contributed by atoms with E-state index in [4.69, 9.17) is 4.42 Å². The third-order valence-electron chi connectivity index (χ3n) is 3.10. The van der Waals surface area contributed by atoms with E-state index < -0.39 is 11.8 Å². The number of nitrogens with one attached hydrogen (secondary N) is 1. The van der Waals surface area contributed by atoms with Crippen LogP contribution in [0.15, 0.2) is 34.7 Å². The summed E-state index contributed by atoms with van der Waals surface area (Å²) in [5, 5.41) is 10.3. The van der Waals surface area contributed by atoms with Gasteiger partial charge in [0.05, 0.1) is 0 Å². The molecular formula is C13H13F2N3O. The van der Waals surface area contributed by atoms with E-state index in [1.807, 2.05) is 30.3 Å². The maximum absolute atomic E-state index is 12.8. The second-order valence-electron chi connectivity index (χ2n) is 4.63. The van der Waals surface area contributed by atoms with Gasteiger partial charge in [-0.3, -0.25) is 0 Å². The number of alkyl halides is 2. The van der Waals surface area contributed by atoms with E-state index in [1.165, 1.54) is 5.56 Å². The van der Waals surface area contributed by atoms with Crippen molar-refractivity contribution < 1.29 is 13.2 Å². The molecule has 3 rings (SSSR count). The summed E-state index contributed by atoms with van der Waals surface area (Å²) in [7, 11) is 0. The fraction of sp³-hybridized carbons (Fsp3) is 0.385. The number of halogens is 2. The molecule has 1 aromatic carbocycles. The zero-order chi connectivity index (χ0) is 13.3. The maximum Gasteiger partial charge on any atom is 0.315 e. The van der Waals surface area contributed by atoms with Gasteiger partial charge in [0.1, 0.15) is 5.92 Å². The zero-order valence-corrected chi connectivity index (χ0v) is 10.1. The van der Waals surface area contributed by atoms with Gasteiger partial charge < -0.3 is 9.73 Å². The quantitative estimate of drug-likeness (QED) is 0.903. The molecule has 1 aliphatic carbocycles. The molecule has 100 valence electrons. The summed E-state index contributed by atoms with van der Waals surface area (Å²) in [5.41, 5.74) is 1.18. The first-order valence-corrected chi connectivity index (χ1v) is 6.14. The molecule has 1 aromatic heterocycles. The highest BCUT2D eigenvalue weighted by molar-refractivity contribution is 5.23. The van der Waals surface area contributed by atoms with Crippen LogP contribution >= 0.6 is 0 Å². The third-order valence-corrected chi connectivity index (χ3v) is 3.10. The van der Waals surface area contributed by atoms with Crippen LogP contribution in [0.3, 0.4) is 0 Å². The first kappa shape index (κ1) is 12.1. The minimum absolute atomic E-state index is 0.0206. The van der Waals surface area contributed by atoms with E-state index in [0.29, 0.717) is 6.54 Å². The fourth-order valence-corrected chi connectivity index (χ4v) is 1.89. The van der Waals surface area contributed by atoms with Gasteiger partial charge in [-0.25, -0.2) is 8.78 Å². The number of aromatic nitrogens is 2. The lowest BCUT2D eigenvalue weighted by molar-refractivity contribution is 0.108. The SMILES string of the molecule is FC1(F)CC1c1nnc(NCCc2ccccc2)o1. The van der Waals surface area contributed by atoms with E-state index >= 15 is 0 Å². The Morgan fingerprint density at radius 1 is 1.26 bits per heavy atom. The second-order valence-corrected chi connectivity index (χ2v) is 4.63. The van der Waals surface area contributed by atoms with E-state index in [0.717, 1.165) is 6.42 Å². The fourth-order valence-electron chi connectivity index (χ4n) is 1.89. The van der Waals surface area contributed by atoms with Crippen LogP contribution < -0.4 is 5.32 Å². The van der Waals surface area contributed by atoms with Crippen LogP contribution in [0.25, 0.3) is 0 Å². The Hall–Kier alpha value is -1.98. The molecule has 1 fully saturated rings. The highest BCUT2D eigenvalue weighted by atomic mass is 19.3. The second kappa shape index (κ2) is 4.60. The van der Waals surface area contributed by atoms with Crippen LogP contribution in [0, 0.1) is 0 Å². The Bertz CT molecular complexity index is 556. The van der Waals surface area contributed by atoms with Gasteiger partial charge in [-0.15, -0.1) is 5.10 Å². The molecule has 0 spiro atoms. The average Bonchev–Trinajstić information content (AvgIpc) is 2.84. The lowest BCUT2D eigenvalue weighted by Crippen LogP contribution is -2.04. The minimum Gasteiger partial charge on any atom is -0.408 e. The molecule has 6 heteroatoms. The maximum atomic E-state index is 12.8. The number of anilines is 1. The first-order chi connectivity index (χ1) is 9.15. The van der Waals surface area contributed by atoms with Crippen molar-refractivity contribution in [2.75, 3.05) is 11.9 Å². The number of rotatable bonds is 5. The summed E-state index contributed by atoms with van der Waals surface area (Å²) in [5.74, 6) is -3.55. The van der Waals surface area contributed by atoms with E-state index in [2.05, 4.69) is 15.5 Å². The molecule has 1 N–H and O–H groups in total. The molecule has 1 atom stereocenters. The third kappa shape index (κ3) is 2.72. The van der Waals surface area contributed by atoms with Crippen molar-refractivity contribution in [3.63, 3.8) is 0 Å². The number of hydrogen-bond donors (Lipinski definition) is 1. The minimum atomic E-state index is -2.67. The van der Waals surface area contributed by atoms with E-state index in [9.17, 15) is 8.78 Å². The molecule has 0 bridgehead atoms. The highest BCUT2D eigenvalue weighted by Gasteiger charge is 2.60. The molecule has 0 aliphatic heterocycles. The van der Waals surface area contributed by atoms with Gasteiger partial charge in [-0.1, -0.05) is 35.4 Å². The molecule has 0 amide bonds. The predicted octanol–water partition coefficient (Wildman–Crippen LogP) is 2.85. The van der Waals surface area contributed by atoms with Crippen molar-refractivity contribution in [3.05, 3.63) is 41.8 Å². The largest absolute Gasteiger partial charge is 0.408 e. The van der Waals surface area contributed by atoms with Crippen LogP contribution in [0.2, 0.25) is 0 Å². The Balaban J connectivity index is 1.51. The number of benzene rings is 1. The molecule has 1 aliphatic rings. The summed E-state index contributed by atoms with van der Waals surface area (Å²) in [6.45, 7) is 0.618. The molecule has 2 aromatic rings. The molecule has 1 heterocycles. The topological polar surface area (TPSA) is 51.0 Å². The molecular weight excluding hydrogens is 252 g/mol. The van der Waals surface area contributed by atoms with Crippen molar-refractivity contribution in [2.45, 2.75) is 24.7 Å². The highest BCUT2D eigenvalue weighted by Crippen LogP contribution is 2.55. The molecule has 1 saturated carbocycles.